The number of piperazine rings is 1. The molecule has 0 radical (unpaired) electrons. The summed E-state index contributed by atoms with van der Waals surface area (Å²) < 4.78 is 25.7. The van der Waals surface area contributed by atoms with Crippen LogP contribution in [0.25, 0.3) is 0 Å². The highest BCUT2D eigenvalue weighted by atomic mass is 32.2. The van der Waals surface area contributed by atoms with Crippen molar-refractivity contribution in [3.63, 3.8) is 0 Å². The van der Waals surface area contributed by atoms with Crippen LogP contribution in [0.3, 0.4) is 0 Å². The molecule has 2 fully saturated rings. The molecule has 4 rings (SSSR count). The molecule has 1 aromatic carbocycles. The summed E-state index contributed by atoms with van der Waals surface area (Å²) in [6.45, 7) is 6.96. The predicted octanol–water partition coefficient (Wildman–Crippen LogP) is 2.14. The molecule has 0 saturated carbocycles. The van der Waals surface area contributed by atoms with Crippen molar-refractivity contribution >= 4 is 21.4 Å². The zero-order chi connectivity index (χ0) is 21.3. The van der Waals surface area contributed by atoms with E-state index in [1.54, 1.807) is 0 Å². The van der Waals surface area contributed by atoms with E-state index in [0.717, 1.165) is 36.6 Å². The molecule has 3 heterocycles. The van der Waals surface area contributed by atoms with Gasteiger partial charge in [0.15, 0.2) is 9.84 Å². The van der Waals surface area contributed by atoms with E-state index >= 15 is 0 Å². The number of nitrogens with zero attached hydrogens (tertiary/aromatic N) is 4. The molecule has 0 aliphatic carbocycles. The molecule has 1 unspecified atom stereocenters. The molecule has 7 nitrogen and oxygen atoms in total. The summed E-state index contributed by atoms with van der Waals surface area (Å²) in [5.74, 6) is 0.631. The molecule has 0 bridgehead atoms. The summed E-state index contributed by atoms with van der Waals surface area (Å²) in [7, 11) is -2.95. The van der Waals surface area contributed by atoms with Crippen molar-refractivity contribution in [2.75, 3.05) is 42.6 Å². The van der Waals surface area contributed by atoms with Crippen LogP contribution < -0.4 is 4.90 Å². The number of hydrogen-bond donors (Lipinski definition) is 0. The SMILES string of the molecule is Cc1nn(C2CCS(=O)(=O)C2)c(C)c1N1CCN(C(=O)CCc2ccccc2)CC1. The van der Waals surface area contributed by atoms with Gasteiger partial charge in [0.1, 0.15) is 0 Å². The van der Waals surface area contributed by atoms with Gasteiger partial charge in [-0.2, -0.15) is 5.10 Å². The first-order chi connectivity index (χ1) is 14.3. The Kier molecular flexibility index (Phi) is 5.86. The van der Waals surface area contributed by atoms with E-state index in [9.17, 15) is 13.2 Å². The van der Waals surface area contributed by atoms with Gasteiger partial charge < -0.3 is 9.80 Å². The first-order valence-electron chi connectivity index (χ1n) is 10.7. The number of aryl methyl sites for hydroxylation is 2. The van der Waals surface area contributed by atoms with Crippen molar-refractivity contribution in [1.82, 2.24) is 14.7 Å². The molecule has 0 spiro atoms. The average molecular weight is 431 g/mol. The van der Waals surface area contributed by atoms with Gasteiger partial charge in [-0.1, -0.05) is 30.3 Å². The maximum absolute atomic E-state index is 12.6. The molecule has 162 valence electrons. The molecule has 2 aromatic rings. The summed E-state index contributed by atoms with van der Waals surface area (Å²) in [6.07, 6.45) is 1.94. The number of aromatic nitrogens is 2. The number of anilines is 1. The Morgan fingerprint density at radius 1 is 1.10 bits per heavy atom. The normalized spacial score (nSPS) is 21.2. The van der Waals surface area contributed by atoms with E-state index in [1.807, 2.05) is 41.6 Å². The predicted molar refractivity (Wildman–Crippen MR) is 118 cm³/mol. The van der Waals surface area contributed by atoms with Gasteiger partial charge in [-0.05, 0) is 32.3 Å². The van der Waals surface area contributed by atoms with E-state index in [4.69, 9.17) is 0 Å². The molecule has 1 atom stereocenters. The molecule has 1 aromatic heterocycles. The van der Waals surface area contributed by atoms with Crippen LogP contribution in [0.15, 0.2) is 30.3 Å². The molecular weight excluding hydrogens is 400 g/mol. The molecule has 1 amide bonds. The van der Waals surface area contributed by atoms with Gasteiger partial charge in [0.2, 0.25) is 5.91 Å². The van der Waals surface area contributed by atoms with Crippen LogP contribution in [0.4, 0.5) is 5.69 Å². The number of amides is 1. The zero-order valence-corrected chi connectivity index (χ0v) is 18.6. The number of benzene rings is 1. The van der Waals surface area contributed by atoms with Crippen molar-refractivity contribution in [2.24, 2.45) is 0 Å². The summed E-state index contributed by atoms with van der Waals surface area (Å²) in [4.78, 5) is 16.9. The summed E-state index contributed by atoms with van der Waals surface area (Å²) in [6, 6.07) is 10.0. The Hall–Kier alpha value is -2.35. The third kappa shape index (κ3) is 4.38. The lowest BCUT2D eigenvalue weighted by Crippen LogP contribution is -2.49. The first-order valence-corrected chi connectivity index (χ1v) is 12.5. The monoisotopic (exact) mass is 430 g/mol. The van der Waals surface area contributed by atoms with Crippen LogP contribution in [0, 0.1) is 13.8 Å². The Bertz CT molecular complexity index is 1010. The largest absolute Gasteiger partial charge is 0.365 e. The first kappa shape index (κ1) is 20.9. The molecule has 2 aliphatic rings. The van der Waals surface area contributed by atoms with Crippen LogP contribution in [0.1, 0.15) is 35.8 Å². The maximum atomic E-state index is 12.6. The van der Waals surface area contributed by atoms with E-state index in [1.165, 1.54) is 5.56 Å². The fraction of sp³-hybridized carbons (Fsp3) is 0.545. The fourth-order valence-corrected chi connectivity index (χ4v) is 6.36. The van der Waals surface area contributed by atoms with E-state index in [-0.39, 0.29) is 23.5 Å². The minimum absolute atomic E-state index is 0.0664. The van der Waals surface area contributed by atoms with Crippen molar-refractivity contribution in [3.8, 4) is 0 Å². The summed E-state index contributed by atoms with van der Waals surface area (Å²) in [5, 5.41) is 4.68. The quantitative estimate of drug-likeness (QED) is 0.727. The number of sulfone groups is 1. The minimum atomic E-state index is -2.95. The Morgan fingerprint density at radius 3 is 2.43 bits per heavy atom. The van der Waals surface area contributed by atoms with Crippen molar-refractivity contribution in [2.45, 2.75) is 39.2 Å². The Balaban J connectivity index is 1.37. The highest BCUT2D eigenvalue weighted by Crippen LogP contribution is 2.31. The highest BCUT2D eigenvalue weighted by molar-refractivity contribution is 7.91. The molecule has 0 N–H and O–H groups in total. The lowest BCUT2D eigenvalue weighted by Gasteiger charge is -2.36. The van der Waals surface area contributed by atoms with E-state index in [0.29, 0.717) is 25.9 Å². The third-order valence-corrected chi connectivity index (χ3v) is 8.01. The summed E-state index contributed by atoms with van der Waals surface area (Å²) >= 11 is 0. The Morgan fingerprint density at radius 2 is 1.80 bits per heavy atom. The van der Waals surface area contributed by atoms with Gasteiger partial charge in [-0.25, -0.2) is 8.42 Å². The molecule has 2 saturated heterocycles. The van der Waals surface area contributed by atoms with Gasteiger partial charge in [0.05, 0.1) is 34.6 Å². The third-order valence-electron chi connectivity index (χ3n) is 6.26. The molecule has 8 heteroatoms. The second kappa shape index (κ2) is 8.41. The van der Waals surface area contributed by atoms with Gasteiger partial charge >= 0.3 is 0 Å². The van der Waals surface area contributed by atoms with Crippen LogP contribution in [-0.2, 0) is 21.1 Å². The van der Waals surface area contributed by atoms with Gasteiger partial charge in [-0.3, -0.25) is 9.48 Å². The second-order valence-corrected chi connectivity index (χ2v) is 10.6. The van der Waals surface area contributed by atoms with Gasteiger partial charge in [0.25, 0.3) is 0 Å². The number of hydrogen-bond acceptors (Lipinski definition) is 5. The molecule has 2 aliphatic heterocycles. The van der Waals surface area contributed by atoms with Crippen LogP contribution in [-0.4, -0.2) is 66.7 Å². The van der Waals surface area contributed by atoms with Crippen molar-refractivity contribution < 1.29 is 13.2 Å². The maximum Gasteiger partial charge on any atom is 0.223 e. The minimum Gasteiger partial charge on any atom is -0.365 e. The van der Waals surface area contributed by atoms with Crippen LogP contribution >= 0.6 is 0 Å². The molecular formula is C22H30N4O3S. The zero-order valence-electron chi connectivity index (χ0n) is 17.7. The standard InChI is InChI=1S/C22H30N4O3S/c1-17-22(18(2)26(23-17)20-10-15-30(28,29)16-20)25-13-11-24(12-14-25)21(27)9-8-19-6-4-3-5-7-19/h3-7,20H,8-16H2,1-2H3. The fourth-order valence-electron chi connectivity index (χ4n) is 4.67. The van der Waals surface area contributed by atoms with Crippen molar-refractivity contribution in [3.05, 3.63) is 47.3 Å². The summed E-state index contributed by atoms with van der Waals surface area (Å²) in [5.41, 5.74) is 4.24. The number of carbonyl (C=O) groups is 1. The van der Waals surface area contributed by atoms with Crippen LogP contribution in [0.5, 0.6) is 0 Å². The topological polar surface area (TPSA) is 75.5 Å². The van der Waals surface area contributed by atoms with E-state index < -0.39 is 9.84 Å². The Labute approximate surface area is 178 Å². The second-order valence-electron chi connectivity index (χ2n) is 8.37. The van der Waals surface area contributed by atoms with Crippen molar-refractivity contribution in [1.29, 1.82) is 0 Å². The average Bonchev–Trinajstić information content (AvgIpc) is 3.25. The number of carbonyl (C=O) groups excluding carboxylic acids is 1. The lowest BCUT2D eigenvalue weighted by molar-refractivity contribution is -0.131. The molecule has 30 heavy (non-hydrogen) atoms. The number of rotatable bonds is 5. The van der Waals surface area contributed by atoms with E-state index in [2.05, 4.69) is 22.1 Å². The van der Waals surface area contributed by atoms with Crippen LogP contribution in [0.2, 0.25) is 0 Å². The van der Waals surface area contributed by atoms with Gasteiger partial charge in [0, 0.05) is 32.6 Å². The lowest BCUT2D eigenvalue weighted by atomic mass is 10.1. The van der Waals surface area contributed by atoms with Gasteiger partial charge in [-0.15, -0.1) is 0 Å². The smallest absolute Gasteiger partial charge is 0.223 e. The highest BCUT2D eigenvalue weighted by Gasteiger charge is 2.33.